The Morgan fingerprint density at radius 3 is 2.81 bits per heavy atom. The quantitative estimate of drug-likeness (QED) is 0.235. The lowest BCUT2D eigenvalue weighted by atomic mass is 10.2. The summed E-state index contributed by atoms with van der Waals surface area (Å²) in [6, 6.07) is 2.20. The van der Waals surface area contributed by atoms with E-state index in [9.17, 15) is 4.79 Å². The second-order valence-corrected chi connectivity index (χ2v) is 7.79. The zero-order chi connectivity index (χ0) is 19.2. The molecule has 9 heteroatoms. The molecule has 0 unspecified atom stereocenters. The topological polar surface area (TPSA) is 102 Å². The van der Waals surface area contributed by atoms with Gasteiger partial charge in [0.2, 0.25) is 5.91 Å². The van der Waals surface area contributed by atoms with Crippen molar-refractivity contribution in [2.75, 3.05) is 37.6 Å². The first-order valence-electron chi connectivity index (χ1n) is 9.40. The van der Waals surface area contributed by atoms with Gasteiger partial charge >= 0.3 is 0 Å². The molecule has 8 nitrogen and oxygen atoms in total. The van der Waals surface area contributed by atoms with Crippen LogP contribution in [0.3, 0.4) is 0 Å². The average Bonchev–Trinajstić information content (AvgIpc) is 3.14. The molecule has 27 heavy (non-hydrogen) atoms. The minimum absolute atomic E-state index is 0.199. The van der Waals surface area contributed by atoms with Gasteiger partial charge in [-0.05, 0) is 25.3 Å². The van der Waals surface area contributed by atoms with Crippen molar-refractivity contribution in [2.45, 2.75) is 32.6 Å². The van der Waals surface area contributed by atoms with E-state index in [0.717, 1.165) is 67.8 Å². The van der Waals surface area contributed by atoms with Crippen LogP contribution in [0.15, 0.2) is 12.4 Å². The summed E-state index contributed by atoms with van der Waals surface area (Å²) in [5.41, 5.74) is 0. The summed E-state index contributed by atoms with van der Waals surface area (Å²) in [7, 11) is 0. The normalized spacial score (nSPS) is 14.6. The van der Waals surface area contributed by atoms with Gasteiger partial charge in [0.1, 0.15) is 17.0 Å². The number of carbonyl (C=O) groups is 1. The van der Waals surface area contributed by atoms with Crippen LogP contribution in [-0.4, -0.2) is 64.8 Å². The Balaban J connectivity index is 1.52. The second-order valence-electron chi connectivity index (χ2n) is 6.67. The van der Waals surface area contributed by atoms with E-state index < -0.39 is 0 Å². The van der Waals surface area contributed by atoms with Crippen LogP contribution in [0.25, 0.3) is 10.2 Å². The molecule has 0 radical (unpaired) electrons. The van der Waals surface area contributed by atoms with Crippen molar-refractivity contribution in [1.82, 2.24) is 19.9 Å². The summed E-state index contributed by atoms with van der Waals surface area (Å²) in [5.74, 6) is 6.72. The Morgan fingerprint density at radius 1 is 1.33 bits per heavy atom. The molecule has 2 aromatic rings. The third-order valence-corrected chi connectivity index (χ3v) is 6.05. The molecule has 1 saturated heterocycles. The van der Waals surface area contributed by atoms with Crippen molar-refractivity contribution < 1.29 is 4.79 Å². The Hall–Kier alpha value is -2.26. The number of carbonyl (C=O) groups excluding carboxylic acids is 1. The lowest BCUT2D eigenvalue weighted by Gasteiger charge is -2.35. The number of nitrogens with one attached hydrogen (secondary N) is 1. The van der Waals surface area contributed by atoms with E-state index in [-0.39, 0.29) is 5.91 Å². The summed E-state index contributed by atoms with van der Waals surface area (Å²) in [6.07, 6.45) is 5.89. The summed E-state index contributed by atoms with van der Waals surface area (Å²) in [6.45, 7) is 5.78. The van der Waals surface area contributed by atoms with E-state index >= 15 is 0 Å². The van der Waals surface area contributed by atoms with E-state index in [0.29, 0.717) is 13.0 Å². The number of nitrogens with two attached hydrogens (primary N) is 1. The molecule has 0 saturated carbocycles. The van der Waals surface area contributed by atoms with Gasteiger partial charge in [0.25, 0.3) is 0 Å². The van der Waals surface area contributed by atoms with Crippen LogP contribution in [0, 0.1) is 5.41 Å². The fraction of sp³-hybridized carbons (Fsp3) is 0.556. The first kappa shape index (κ1) is 19.5. The smallest absolute Gasteiger partial charge is 0.222 e. The highest BCUT2D eigenvalue weighted by Crippen LogP contribution is 2.30. The van der Waals surface area contributed by atoms with Crippen LogP contribution in [0.1, 0.15) is 31.1 Å². The van der Waals surface area contributed by atoms with Crippen LogP contribution in [0.2, 0.25) is 0 Å². The van der Waals surface area contributed by atoms with Crippen molar-refractivity contribution in [1.29, 1.82) is 5.41 Å². The highest BCUT2D eigenvalue weighted by atomic mass is 32.1. The molecule has 1 fully saturated rings. The molecule has 3 N–H and O–H groups in total. The fourth-order valence-electron chi connectivity index (χ4n) is 3.28. The molecule has 1 aliphatic rings. The molecule has 0 bridgehead atoms. The molecular formula is C18H27N7OS. The molecule has 0 aliphatic carbocycles. The predicted octanol–water partition coefficient (Wildman–Crippen LogP) is 1.86. The van der Waals surface area contributed by atoms with Gasteiger partial charge in [-0.1, -0.05) is 6.92 Å². The number of anilines is 1. The maximum atomic E-state index is 12.4. The summed E-state index contributed by atoms with van der Waals surface area (Å²) in [4.78, 5) is 27.9. The molecular weight excluding hydrogens is 362 g/mol. The van der Waals surface area contributed by atoms with Crippen molar-refractivity contribution in [2.24, 2.45) is 5.84 Å². The average molecular weight is 390 g/mol. The van der Waals surface area contributed by atoms with Crippen LogP contribution in [0.4, 0.5) is 5.82 Å². The Labute approximate surface area is 163 Å². The van der Waals surface area contributed by atoms with E-state index in [1.807, 2.05) is 4.90 Å². The standard InChI is InChI=1S/C18H27N7OS/c1-2-14-11-15-17(21-13-22-18(15)27-14)24-9-7-23(8-10-24)16(26)5-3-4-6-25(20)12-19/h11-13,19H,2-10,20H2,1H3. The first-order chi connectivity index (χ1) is 13.1. The largest absolute Gasteiger partial charge is 0.352 e. The monoisotopic (exact) mass is 389 g/mol. The number of aryl methyl sites for hydroxylation is 1. The number of hydrazine groups is 1. The minimum Gasteiger partial charge on any atom is -0.352 e. The van der Waals surface area contributed by atoms with Crippen molar-refractivity contribution in [3.8, 4) is 0 Å². The third kappa shape index (κ3) is 4.72. The number of unbranched alkanes of at least 4 members (excludes halogenated alkanes) is 1. The number of fused-ring (bicyclic) bond motifs is 1. The van der Waals surface area contributed by atoms with Crippen molar-refractivity contribution in [3.63, 3.8) is 0 Å². The predicted molar refractivity (Wildman–Crippen MR) is 109 cm³/mol. The van der Waals surface area contributed by atoms with Gasteiger partial charge in [-0.2, -0.15) is 0 Å². The Morgan fingerprint density at radius 2 is 2.11 bits per heavy atom. The third-order valence-electron chi connectivity index (χ3n) is 4.86. The summed E-state index contributed by atoms with van der Waals surface area (Å²) < 4.78 is 0. The summed E-state index contributed by atoms with van der Waals surface area (Å²) in [5, 5.41) is 9.48. The van der Waals surface area contributed by atoms with Crippen LogP contribution in [-0.2, 0) is 11.2 Å². The van der Waals surface area contributed by atoms with Gasteiger partial charge in [0.15, 0.2) is 0 Å². The fourth-order valence-corrected chi connectivity index (χ4v) is 4.21. The zero-order valence-electron chi connectivity index (χ0n) is 15.7. The molecule has 0 atom stereocenters. The van der Waals surface area contributed by atoms with E-state index in [4.69, 9.17) is 11.3 Å². The van der Waals surface area contributed by atoms with E-state index in [1.54, 1.807) is 17.7 Å². The van der Waals surface area contributed by atoms with E-state index in [2.05, 4.69) is 27.9 Å². The molecule has 0 spiro atoms. The van der Waals surface area contributed by atoms with Crippen LogP contribution in [0.5, 0.6) is 0 Å². The maximum Gasteiger partial charge on any atom is 0.222 e. The van der Waals surface area contributed by atoms with Gasteiger partial charge in [0, 0.05) is 44.0 Å². The number of rotatable bonds is 8. The molecule has 3 heterocycles. The highest BCUT2D eigenvalue weighted by molar-refractivity contribution is 7.18. The molecule has 1 amide bonds. The van der Waals surface area contributed by atoms with Gasteiger partial charge in [-0.15, -0.1) is 11.3 Å². The van der Waals surface area contributed by atoms with Crippen LogP contribution >= 0.6 is 11.3 Å². The number of amides is 1. The first-order valence-corrected chi connectivity index (χ1v) is 10.2. The van der Waals surface area contributed by atoms with Crippen LogP contribution < -0.4 is 10.7 Å². The molecule has 1 aliphatic heterocycles. The van der Waals surface area contributed by atoms with Gasteiger partial charge in [0.05, 0.1) is 11.7 Å². The highest BCUT2D eigenvalue weighted by Gasteiger charge is 2.23. The van der Waals surface area contributed by atoms with Gasteiger partial charge in [-0.25, -0.2) is 15.8 Å². The maximum absolute atomic E-state index is 12.4. The summed E-state index contributed by atoms with van der Waals surface area (Å²) >= 11 is 1.73. The SMILES string of the molecule is CCc1cc2c(N3CCN(C(=O)CCCCN(N)C=N)CC3)ncnc2s1. The van der Waals surface area contributed by atoms with Gasteiger partial charge in [-0.3, -0.25) is 10.2 Å². The number of hydrogen-bond acceptors (Lipinski definition) is 7. The number of nitrogens with zero attached hydrogens (tertiary/aromatic N) is 5. The molecule has 3 rings (SSSR count). The molecule has 146 valence electrons. The molecule has 0 aromatic carbocycles. The van der Waals surface area contributed by atoms with Crippen molar-refractivity contribution in [3.05, 3.63) is 17.3 Å². The number of aromatic nitrogens is 2. The Kier molecular flexibility index (Phi) is 6.57. The molecule has 2 aromatic heterocycles. The lowest BCUT2D eigenvalue weighted by molar-refractivity contribution is -0.131. The zero-order valence-corrected chi connectivity index (χ0v) is 16.5. The van der Waals surface area contributed by atoms with Gasteiger partial charge < -0.3 is 14.8 Å². The second kappa shape index (κ2) is 9.09. The van der Waals surface area contributed by atoms with E-state index in [1.165, 1.54) is 9.89 Å². The lowest BCUT2D eigenvalue weighted by Crippen LogP contribution is -2.49. The minimum atomic E-state index is 0.199. The number of piperazine rings is 1. The Bertz CT molecular complexity index is 785. The number of thiophene rings is 1. The van der Waals surface area contributed by atoms with Crippen molar-refractivity contribution >= 4 is 39.6 Å². The number of hydrogen-bond donors (Lipinski definition) is 2.